The number of unbranched alkanes of at least 4 members (excludes halogenated alkanes) is 7. The van der Waals surface area contributed by atoms with E-state index < -0.39 is 32.5 Å². The molecule has 0 saturated carbocycles. The summed E-state index contributed by atoms with van der Waals surface area (Å²) in [5, 5.41) is 0. The van der Waals surface area contributed by atoms with Crippen molar-refractivity contribution >= 4 is 19.8 Å². The minimum Gasteiger partial charge on any atom is -0.462 e. The van der Waals surface area contributed by atoms with Crippen LogP contribution < -0.4 is 0 Å². The minimum atomic E-state index is -4.80. The van der Waals surface area contributed by atoms with Crippen LogP contribution in [0.2, 0.25) is 0 Å². The number of phosphoric ester groups is 1. The van der Waals surface area contributed by atoms with Crippen LogP contribution in [0.25, 0.3) is 0 Å². The fraction of sp³-hybridized carbons (Fsp3) is 0.600. The highest BCUT2D eigenvalue weighted by atomic mass is 31.2. The molecule has 0 aliphatic carbocycles. The van der Waals surface area contributed by atoms with Gasteiger partial charge >= 0.3 is 19.8 Å². The molecule has 0 bridgehead atoms. The lowest BCUT2D eigenvalue weighted by Crippen LogP contribution is -2.29. The zero-order chi connectivity index (χ0) is 40.1. The third kappa shape index (κ3) is 35.1. The second-order valence-corrected chi connectivity index (χ2v) is 14.9. The molecule has 310 valence electrons. The van der Waals surface area contributed by atoms with Crippen LogP contribution in [0.15, 0.2) is 97.2 Å². The highest BCUT2D eigenvalue weighted by Crippen LogP contribution is 2.36. The summed E-state index contributed by atoms with van der Waals surface area (Å²) in [7, 11) is -4.80. The van der Waals surface area contributed by atoms with E-state index >= 15 is 0 Å². The van der Waals surface area contributed by atoms with Gasteiger partial charge in [-0.1, -0.05) is 137 Å². The quantitative estimate of drug-likeness (QED) is 0.0212. The first kappa shape index (κ1) is 49.9. The summed E-state index contributed by atoms with van der Waals surface area (Å²) < 4.78 is 32.0. The molecule has 55 heavy (non-hydrogen) atoms. The smallest absolute Gasteiger partial charge is 0.462 e. The van der Waals surface area contributed by atoms with Gasteiger partial charge in [-0.25, -0.2) is 4.57 Å². The molecular formula is C45H71O9P. The topological polar surface area (TPSA) is 132 Å². The molecule has 0 aromatic rings. The van der Waals surface area contributed by atoms with E-state index in [-0.39, 0.29) is 19.4 Å². The Balaban J connectivity index is 2.18. The summed E-state index contributed by atoms with van der Waals surface area (Å²) in [6.07, 6.45) is 51.7. The lowest BCUT2D eigenvalue weighted by Gasteiger charge is -2.18. The maximum Gasteiger partial charge on any atom is 0.469 e. The van der Waals surface area contributed by atoms with E-state index in [1.165, 1.54) is 44.9 Å². The molecule has 0 aromatic heterocycles. The van der Waals surface area contributed by atoms with Crippen LogP contribution in [0, 0.1) is 0 Å². The van der Waals surface area contributed by atoms with Gasteiger partial charge in [-0.3, -0.25) is 14.1 Å². The van der Waals surface area contributed by atoms with Gasteiger partial charge in [-0.15, -0.1) is 0 Å². The highest BCUT2D eigenvalue weighted by molar-refractivity contribution is 7.46. The predicted molar refractivity (Wildman–Crippen MR) is 224 cm³/mol. The van der Waals surface area contributed by atoms with Crippen molar-refractivity contribution in [1.82, 2.24) is 0 Å². The van der Waals surface area contributed by atoms with Crippen LogP contribution >= 0.6 is 7.82 Å². The van der Waals surface area contributed by atoms with Crippen molar-refractivity contribution in [2.45, 2.75) is 161 Å². The molecule has 1 aliphatic rings. The number of carbonyl (C=O) groups is 2. The van der Waals surface area contributed by atoms with Crippen molar-refractivity contribution in [2.24, 2.45) is 0 Å². The number of allylic oxidation sites excluding steroid dienone is 14. The Morgan fingerprint density at radius 2 is 1.00 bits per heavy atom. The molecule has 0 amide bonds. The number of esters is 2. The van der Waals surface area contributed by atoms with Crippen LogP contribution in [0.3, 0.4) is 0 Å². The fourth-order valence-corrected chi connectivity index (χ4v) is 5.63. The average molecular weight is 787 g/mol. The number of hydrogen-bond acceptors (Lipinski definition) is 7. The maximum atomic E-state index is 12.4. The van der Waals surface area contributed by atoms with E-state index in [9.17, 15) is 14.2 Å². The van der Waals surface area contributed by atoms with Crippen molar-refractivity contribution < 1.29 is 42.7 Å². The Hall–Kier alpha value is -3.07. The van der Waals surface area contributed by atoms with Gasteiger partial charge in [0.05, 0.1) is 18.8 Å². The fourth-order valence-electron chi connectivity index (χ4n) is 5.27. The first-order chi connectivity index (χ1) is 26.7. The third-order valence-corrected chi connectivity index (χ3v) is 8.98. The van der Waals surface area contributed by atoms with Crippen LogP contribution in [0.5, 0.6) is 0 Å². The van der Waals surface area contributed by atoms with Crippen molar-refractivity contribution in [1.29, 1.82) is 0 Å². The molecule has 0 aromatic carbocycles. The normalized spacial score (nSPS) is 17.2. The molecular weight excluding hydrogens is 715 g/mol. The first-order valence-corrected chi connectivity index (χ1v) is 22.2. The van der Waals surface area contributed by atoms with Gasteiger partial charge in [0.1, 0.15) is 6.61 Å². The van der Waals surface area contributed by atoms with Gasteiger partial charge in [-0.05, 0) is 89.9 Å². The maximum absolute atomic E-state index is 12.4. The third-order valence-electron chi connectivity index (χ3n) is 8.49. The van der Waals surface area contributed by atoms with Crippen molar-refractivity contribution in [2.75, 3.05) is 13.2 Å². The molecule has 2 unspecified atom stereocenters. The Labute approximate surface area is 332 Å². The molecule has 1 aliphatic heterocycles. The summed E-state index contributed by atoms with van der Waals surface area (Å²) in [4.78, 5) is 42.8. The molecule has 9 nitrogen and oxygen atoms in total. The van der Waals surface area contributed by atoms with Crippen LogP contribution in [0.4, 0.5) is 0 Å². The zero-order valence-electron chi connectivity index (χ0n) is 33.7. The van der Waals surface area contributed by atoms with Gasteiger partial charge in [0.15, 0.2) is 6.10 Å². The first-order valence-electron chi connectivity index (χ1n) is 20.7. The molecule has 0 spiro atoms. The van der Waals surface area contributed by atoms with Gasteiger partial charge < -0.3 is 24.0 Å². The summed E-state index contributed by atoms with van der Waals surface area (Å²) in [5.74, 6) is -1.06. The summed E-state index contributed by atoms with van der Waals surface area (Å²) in [5.41, 5.74) is 0. The number of ether oxygens (including phenoxy) is 3. The van der Waals surface area contributed by atoms with Crippen LogP contribution in [0.1, 0.15) is 142 Å². The Bertz CT molecular complexity index is 1270. The number of hydrogen-bond donors (Lipinski definition) is 2. The number of phosphoric acid groups is 1. The van der Waals surface area contributed by atoms with Crippen molar-refractivity contribution in [3.8, 4) is 0 Å². The summed E-state index contributed by atoms with van der Waals surface area (Å²) >= 11 is 0. The van der Waals surface area contributed by atoms with Crippen LogP contribution in [-0.4, -0.2) is 53.3 Å². The molecule has 1 heterocycles. The molecule has 1 fully saturated rings. The summed E-state index contributed by atoms with van der Waals surface area (Å²) in [6.45, 7) is 3.49. The molecule has 10 heteroatoms. The Morgan fingerprint density at radius 3 is 1.51 bits per heavy atom. The van der Waals surface area contributed by atoms with E-state index in [1.807, 2.05) is 24.3 Å². The van der Waals surface area contributed by atoms with E-state index in [0.717, 1.165) is 51.4 Å². The SMILES string of the molecule is CCCCC/C=C\C/C=C\C/C=C\C/C=C\C/C=C\CCC(=O)OC[C@H](COP(=O)(O)O)OC(=O)CCC/C=C\C/C=C\CC1OC1C/C=C\CCCCC. The monoisotopic (exact) mass is 786 g/mol. The van der Waals surface area contributed by atoms with Gasteiger partial charge in [0.25, 0.3) is 0 Å². The standard InChI is InChI=1S/C45H71O9P/c1-3-5-7-9-11-12-13-14-15-16-17-18-19-20-21-22-25-29-33-37-44(46)51-39-41(40-52-55(48,49)50)53-45(47)38-34-30-26-23-24-28-32-36-43-42(54-43)35-31-27-10-8-6-4-2/h11-12,14-15,17-18,20-21,23,25-29,31-32,41-43H,3-10,13,16,19,22,24,30,33-40H2,1-2H3,(H2,48,49,50)/b12-11-,15-14-,18-17-,21-20-,26-23-,29-25-,31-27-,32-28-/t41-,42?,43?/m1/s1. The molecule has 1 rings (SSSR count). The van der Waals surface area contributed by atoms with Gasteiger partial charge in [0.2, 0.25) is 0 Å². The lowest BCUT2D eigenvalue weighted by molar-refractivity contribution is -0.161. The molecule has 1 saturated heterocycles. The number of epoxide rings is 1. The van der Waals surface area contributed by atoms with E-state index in [2.05, 4.69) is 91.3 Å². The Kier molecular flexibility index (Phi) is 32.1. The predicted octanol–water partition coefficient (Wildman–Crippen LogP) is 11.6. The lowest BCUT2D eigenvalue weighted by atomic mass is 10.1. The van der Waals surface area contributed by atoms with Crippen LogP contribution in [-0.2, 0) is 32.9 Å². The second-order valence-electron chi connectivity index (χ2n) is 13.6. The Morgan fingerprint density at radius 1 is 0.564 bits per heavy atom. The zero-order valence-corrected chi connectivity index (χ0v) is 34.6. The molecule has 0 radical (unpaired) electrons. The highest BCUT2D eigenvalue weighted by Gasteiger charge is 2.36. The number of carbonyl (C=O) groups excluding carboxylic acids is 2. The second kappa shape index (κ2) is 35.4. The molecule has 3 atom stereocenters. The van der Waals surface area contributed by atoms with Crippen molar-refractivity contribution in [3.05, 3.63) is 97.2 Å². The van der Waals surface area contributed by atoms with E-state index in [1.54, 1.807) is 0 Å². The number of rotatable bonds is 35. The van der Waals surface area contributed by atoms with E-state index in [4.69, 9.17) is 24.0 Å². The van der Waals surface area contributed by atoms with Gasteiger partial charge in [0, 0.05) is 12.8 Å². The molecule has 2 N–H and O–H groups in total. The van der Waals surface area contributed by atoms with Crippen molar-refractivity contribution in [3.63, 3.8) is 0 Å². The average Bonchev–Trinajstić information content (AvgIpc) is 3.91. The summed E-state index contributed by atoms with van der Waals surface area (Å²) in [6, 6.07) is 0. The van der Waals surface area contributed by atoms with E-state index in [0.29, 0.717) is 31.5 Å². The van der Waals surface area contributed by atoms with Gasteiger partial charge in [-0.2, -0.15) is 0 Å². The minimum absolute atomic E-state index is 0.109. The largest absolute Gasteiger partial charge is 0.469 e.